The number of rotatable bonds is 3. The van der Waals surface area contributed by atoms with Crippen LogP contribution in [0.2, 0.25) is 0 Å². The zero-order valence-corrected chi connectivity index (χ0v) is 18.6. The van der Waals surface area contributed by atoms with Gasteiger partial charge in [0.05, 0.1) is 23.2 Å². The molecular weight excluding hydrogens is 415 g/mol. The number of fused-ring (bicyclic) bond motifs is 4. The summed E-state index contributed by atoms with van der Waals surface area (Å²) in [6.45, 7) is 6.09. The number of piperazine rings is 1. The minimum absolute atomic E-state index is 0.167. The number of nitriles is 1. The van der Waals surface area contributed by atoms with E-state index in [1.807, 2.05) is 12.1 Å². The Hall–Kier alpha value is -3.21. The van der Waals surface area contributed by atoms with Gasteiger partial charge in [0.1, 0.15) is 12.2 Å². The highest BCUT2D eigenvalue weighted by atomic mass is 19.1. The number of hydrogen-bond donors (Lipinski definition) is 2. The van der Waals surface area contributed by atoms with Crippen LogP contribution in [0.5, 0.6) is 0 Å². The molecule has 1 aromatic heterocycles. The Morgan fingerprint density at radius 3 is 2.91 bits per heavy atom. The van der Waals surface area contributed by atoms with E-state index in [0.717, 1.165) is 41.9 Å². The fourth-order valence-electron chi connectivity index (χ4n) is 5.74. The van der Waals surface area contributed by atoms with Crippen LogP contribution in [0.25, 0.3) is 10.9 Å². The number of benzene rings is 2. The summed E-state index contributed by atoms with van der Waals surface area (Å²) in [4.78, 5) is 9.50. The summed E-state index contributed by atoms with van der Waals surface area (Å²) in [6.07, 6.45) is 0.897. The van der Waals surface area contributed by atoms with Crippen LogP contribution in [0.3, 0.4) is 0 Å². The van der Waals surface area contributed by atoms with Crippen LogP contribution < -0.4 is 15.5 Å². The average molecular weight is 443 g/mol. The summed E-state index contributed by atoms with van der Waals surface area (Å²) in [5.74, 6) is 0. The molecule has 7 heteroatoms. The Labute approximate surface area is 193 Å². The SMILES string of the molecule is C[C@@H]1CN(c2ccc(C#N)c3ncccc23)CC2c3ccc(NC4CNC[C@H]4F)cc3CN21. The molecule has 3 aliphatic heterocycles. The topological polar surface area (TPSA) is 67.2 Å². The second-order valence-corrected chi connectivity index (χ2v) is 9.42. The first-order chi connectivity index (χ1) is 16.1. The van der Waals surface area contributed by atoms with Crippen molar-refractivity contribution in [2.75, 3.05) is 36.4 Å². The fraction of sp³-hybridized carbons (Fsp3) is 0.385. The van der Waals surface area contributed by atoms with Gasteiger partial charge in [-0.05, 0) is 54.4 Å². The Morgan fingerprint density at radius 2 is 2.09 bits per heavy atom. The molecule has 2 unspecified atom stereocenters. The summed E-state index contributed by atoms with van der Waals surface area (Å²) in [6, 6.07) is 17.3. The molecule has 6 nitrogen and oxygen atoms in total. The minimum Gasteiger partial charge on any atom is -0.378 e. The van der Waals surface area contributed by atoms with Gasteiger partial charge in [-0.3, -0.25) is 9.88 Å². The molecular formula is C26H27FN6. The Morgan fingerprint density at radius 1 is 1.18 bits per heavy atom. The predicted octanol–water partition coefficient (Wildman–Crippen LogP) is 3.59. The molecule has 0 radical (unpaired) electrons. The van der Waals surface area contributed by atoms with Crippen LogP contribution in [-0.4, -0.2) is 54.3 Å². The van der Waals surface area contributed by atoms with Gasteiger partial charge in [-0.25, -0.2) is 4.39 Å². The van der Waals surface area contributed by atoms with Gasteiger partial charge in [-0.2, -0.15) is 5.26 Å². The van der Waals surface area contributed by atoms with Gasteiger partial charge >= 0.3 is 0 Å². The summed E-state index contributed by atoms with van der Waals surface area (Å²) in [5, 5.41) is 17.0. The minimum atomic E-state index is -0.852. The van der Waals surface area contributed by atoms with Crippen molar-refractivity contribution in [2.24, 2.45) is 0 Å². The number of anilines is 2. The summed E-state index contributed by atoms with van der Waals surface area (Å²) in [5.41, 5.74) is 6.19. The normalized spacial score (nSPS) is 26.8. The molecule has 168 valence electrons. The molecule has 2 saturated heterocycles. The number of nitrogens with zero attached hydrogens (tertiary/aromatic N) is 4. The van der Waals surface area contributed by atoms with Crippen molar-refractivity contribution in [3.63, 3.8) is 0 Å². The van der Waals surface area contributed by atoms with Crippen molar-refractivity contribution >= 4 is 22.3 Å². The lowest BCUT2D eigenvalue weighted by molar-refractivity contribution is 0.134. The second-order valence-electron chi connectivity index (χ2n) is 9.42. The Bertz CT molecular complexity index is 1250. The number of alkyl halides is 1. The molecule has 0 bridgehead atoms. The summed E-state index contributed by atoms with van der Waals surface area (Å²) in [7, 11) is 0. The van der Waals surface area contributed by atoms with Crippen molar-refractivity contribution in [1.82, 2.24) is 15.2 Å². The van der Waals surface area contributed by atoms with Crippen LogP contribution in [-0.2, 0) is 6.54 Å². The van der Waals surface area contributed by atoms with E-state index < -0.39 is 6.17 Å². The van der Waals surface area contributed by atoms with Crippen molar-refractivity contribution in [3.05, 3.63) is 65.4 Å². The van der Waals surface area contributed by atoms with E-state index in [2.05, 4.69) is 68.7 Å². The van der Waals surface area contributed by atoms with Crippen molar-refractivity contribution < 1.29 is 4.39 Å². The number of aromatic nitrogens is 1. The highest BCUT2D eigenvalue weighted by Crippen LogP contribution is 2.42. The zero-order valence-electron chi connectivity index (χ0n) is 18.6. The molecule has 0 amide bonds. The maximum atomic E-state index is 14.0. The molecule has 0 aliphatic carbocycles. The first kappa shape index (κ1) is 20.4. The molecule has 4 atom stereocenters. The summed E-state index contributed by atoms with van der Waals surface area (Å²) < 4.78 is 14.0. The predicted molar refractivity (Wildman–Crippen MR) is 128 cm³/mol. The quantitative estimate of drug-likeness (QED) is 0.646. The van der Waals surface area contributed by atoms with Crippen molar-refractivity contribution in [2.45, 2.75) is 37.8 Å². The molecule has 3 aromatic rings. The van der Waals surface area contributed by atoms with E-state index in [9.17, 15) is 9.65 Å². The van der Waals surface area contributed by atoms with E-state index in [1.165, 1.54) is 11.1 Å². The smallest absolute Gasteiger partial charge is 0.134 e. The standard InChI is InChI=1S/C26H27FN6/c1-16-13-32(24-7-4-17(10-28)26-21(24)3-2-8-30-26)15-25-20-6-5-19(9-18(20)14-33(16)25)31-23-12-29-11-22(23)27/h2-9,16,22-23,25,29,31H,11-15H2,1H3/t16-,22-,23?,25?/m1/s1. The van der Waals surface area contributed by atoms with Crippen LogP contribution in [0.15, 0.2) is 48.7 Å². The number of pyridine rings is 1. The first-order valence-corrected chi connectivity index (χ1v) is 11.6. The molecule has 0 spiro atoms. The lowest BCUT2D eigenvalue weighted by atomic mass is 9.99. The fourth-order valence-corrected chi connectivity index (χ4v) is 5.74. The van der Waals surface area contributed by atoms with Gasteiger partial charge < -0.3 is 15.5 Å². The van der Waals surface area contributed by atoms with E-state index in [1.54, 1.807) is 6.20 Å². The Kier molecular flexibility index (Phi) is 4.93. The van der Waals surface area contributed by atoms with E-state index in [0.29, 0.717) is 30.7 Å². The highest BCUT2D eigenvalue weighted by molar-refractivity contribution is 5.95. The van der Waals surface area contributed by atoms with Crippen LogP contribution in [0.4, 0.5) is 15.8 Å². The van der Waals surface area contributed by atoms with Gasteiger partial charge in [0.2, 0.25) is 0 Å². The molecule has 0 saturated carbocycles. The molecule has 6 rings (SSSR count). The zero-order chi connectivity index (χ0) is 22.5. The maximum absolute atomic E-state index is 14.0. The Balaban J connectivity index is 1.30. The first-order valence-electron chi connectivity index (χ1n) is 11.6. The van der Waals surface area contributed by atoms with Crippen LogP contribution >= 0.6 is 0 Å². The molecule has 2 N–H and O–H groups in total. The van der Waals surface area contributed by atoms with Gasteiger partial charge in [-0.1, -0.05) is 6.07 Å². The van der Waals surface area contributed by atoms with Crippen LogP contribution in [0, 0.1) is 11.3 Å². The van der Waals surface area contributed by atoms with Gasteiger partial charge in [0.15, 0.2) is 0 Å². The average Bonchev–Trinajstić information content (AvgIpc) is 3.41. The third-order valence-corrected chi connectivity index (χ3v) is 7.40. The van der Waals surface area contributed by atoms with E-state index in [4.69, 9.17) is 0 Å². The third kappa shape index (κ3) is 3.41. The second kappa shape index (κ2) is 7.98. The molecule has 4 heterocycles. The summed E-state index contributed by atoms with van der Waals surface area (Å²) >= 11 is 0. The van der Waals surface area contributed by atoms with E-state index in [-0.39, 0.29) is 6.04 Å². The lowest BCUT2D eigenvalue weighted by Crippen LogP contribution is -2.51. The van der Waals surface area contributed by atoms with Crippen LogP contribution in [0.1, 0.15) is 29.7 Å². The highest BCUT2D eigenvalue weighted by Gasteiger charge is 2.39. The van der Waals surface area contributed by atoms with Crippen molar-refractivity contribution in [1.29, 1.82) is 5.26 Å². The maximum Gasteiger partial charge on any atom is 0.134 e. The molecule has 2 aromatic carbocycles. The van der Waals surface area contributed by atoms with Gasteiger partial charge in [0.25, 0.3) is 0 Å². The van der Waals surface area contributed by atoms with Gasteiger partial charge in [0, 0.05) is 61.7 Å². The number of halogens is 1. The van der Waals surface area contributed by atoms with Crippen molar-refractivity contribution in [3.8, 4) is 6.07 Å². The largest absolute Gasteiger partial charge is 0.378 e. The number of nitrogens with one attached hydrogen (secondary N) is 2. The molecule has 2 fully saturated rings. The number of hydrogen-bond acceptors (Lipinski definition) is 6. The van der Waals surface area contributed by atoms with E-state index >= 15 is 0 Å². The van der Waals surface area contributed by atoms with Gasteiger partial charge in [-0.15, -0.1) is 0 Å². The monoisotopic (exact) mass is 442 g/mol. The molecule has 3 aliphatic rings. The lowest BCUT2D eigenvalue weighted by Gasteiger charge is -2.43. The third-order valence-electron chi connectivity index (χ3n) is 7.40. The molecule has 33 heavy (non-hydrogen) atoms.